The van der Waals surface area contributed by atoms with Gasteiger partial charge in [0, 0.05) is 18.0 Å². The maximum Gasteiger partial charge on any atom is 0.0744 e. The maximum atomic E-state index is 5.92. The topological polar surface area (TPSA) is 25.8 Å². The molecule has 0 saturated carbocycles. The van der Waals surface area contributed by atoms with Crippen molar-refractivity contribution in [2.45, 2.75) is 5.88 Å². The van der Waals surface area contributed by atoms with Crippen molar-refractivity contribution >= 4 is 23.2 Å². The highest BCUT2D eigenvalue weighted by Crippen LogP contribution is 2.22. The van der Waals surface area contributed by atoms with Crippen LogP contribution in [0, 0.1) is 0 Å². The first-order chi connectivity index (χ1) is 7.31. The van der Waals surface area contributed by atoms with Gasteiger partial charge in [0.25, 0.3) is 0 Å². The van der Waals surface area contributed by atoms with E-state index in [4.69, 9.17) is 23.2 Å². The summed E-state index contributed by atoms with van der Waals surface area (Å²) in [6.07, 6.45) is 3.46. The zero-order valence-electron chi connectivity index (χ0n) is 7.82. The molecule has 2 heterocycles. The molecule has 0 atom stereocenters. The van der Waals surface area contributed by atoms with Gasteiger partial charge >= 0.3 is 0 Å². The van der Waals surface area contributed by atoms with Crippen molar-refractivity contribution in [1.29, 1.82) is 0 Å². The average Bonchev–Trinajstić information content (AvgIpc) is 2.31. The fraction of sp³-hybridized carbons (Fsp3) is 0.0909. The van der Waals surface area contributed by atoms with Crippen molar-refractivity contribution < 1.29 is 0 Å². The summed E-state index contributed by atoms with van der Waals surface area (Å²) in [5, 5.41) is 0.600. The molecule has 0 aliphatic rings. The van der Waals surface area contributed by atoms with Crippen LogP contribution in [0.3, 0.4) is 0 Å². The third-order valence-electron chi connectivity index (χ3n) is 2.02. The van der Waals surface area contributed by atoms with Crippen molar-refractivity contribution in [3.63, 3.8) is 0 Å². The molecule has 2 aromatic heterocycles. The lowest BCUT2D eigenvalue weighted by atomic mass is 10.2. The molecule has 15 heavy (non-hydrogen) atoms. The number of halogens is 2. The standard InChI is InChI=1S/C11H8Cl2N2/c12-7-11-9(13)1-2-10(15-11)8-3-5-14-6-4-8/h1-6H,7H2. The van der Waals surface area contributed by atoms with Gasteiger partial charge in [0.15, 0.2) is 0 Å². The van der Waals surface area contributed by atoms with Crippen LogP contribution in [0.5, 0.6) is 0 Å². The predicted octanol–water partition coefficient (Wildman–Crippen LogP) is 3.54. The van der Waals surface area contributed by atoms with Crippen LogP contribution >= 0.6 is 23.2 Å². The van der Waals surface area contributed by atoms with E-state index < -0.39 is 0 Å². The minimum absolute atomic E-state index is 0.317. The van der Waals surface area contributed by atoms with Gasteiger partial charge < -0.3 is 0 Å². The largest absolute Gasteiger partial charge is 0.265 e. The SMILES string of the molecule is ClCc1nc(-c2ccncc2)ccc1Cl. The lowest BCUT2D eigenvalue weighted by Crippen LogP contribution is -1.90. The van der Waals surface area contributed by atoms with Crippen LogP contribution < -0.4 is 0 Å². The van der Waals surface area contributed by atoms with Gasteiger partial charge in [-0.25, -0.2) is 0 Å². The van der Waals surface area contributed by atoms with Gasteiger partial charge in [-0.3, -0.25) is 9.97 Å². The Morgan fingerprint density at radius 2 is 1.80 bits per heavy atom. The monoisotopic (exact) mass is 238 g/mol. The third-order valence-corrected chi connectivity index (χ3v) is 2.62. The molecular weight excluding hydrogens is 231 g/mol. The van der Waals surface area contributed by atoms with Crippen LogP contribution in [-0.4, -0.2) is 9.97 Å². The van der Waals surface area contributed by atoms with E-state index in [-0.39, 0.29) is 0 Å². The summed E-state index contributed by atoms with van der Waals surface area (Å²) >= 11 is 11.7. The molecule has 0 radical (unpaired) electrons. The van der Waals surface area contributed by atoms with Crippen LogP contribution in [0.25, 0.3) is 11.3 Å². The zero-order valence-corrected chi connectivity index (χ0v) is 9.33. The molecule has 2 aromatic rings. The number of aromatic nitrogens is 2. The second kappa shape index (κ2) is 4.60. The molecule has 2 rings (SSSR count). The Morgan fingerprint density at radius 1 is 1.07 bits per heavy atom. The van der Waals surface area contributed by atoms with E-state index in [1.54, 1.807) is 12.4 Å². The van der Waals surface area contributed by atoms with Crippen molar-refractivity contribution in [2.24, 2.45) is 0 Å². The molecule has 0 bridgehead atoms. The molecule has 0 fully saturated rings. The summed E-state index contributed by atoms with van der Waals surface area (Å²) in [6, 6.07) is 7.47. The molecular formula is C11H8Cl2N2. The van der Waals surface area contributed by atoms with Crippen LogP contribution in [0.4, 0.5) is 0 Å². The first kappa shape index (κ1) is 10.4. The Bertz CT molecular complexity index is 457. The van der Waals surface area contributed by atoms with Gasteiger partial charge in [0.1, 0.15) is 0 Å². The Balaban J connectivity index is 2.46. The van der Waals surface area contributed by atoms with Crippen molar-refractivity contribution in [1.82, 2.24) is 9.97 Å². The van der Waals surface area contributed by atoms with Crippen molar-refractivity contribution in [2.75, 3.05) is 0 Å². The van der Waals surface area contributed by atoms with Crippen LogP contribution in [0.2, 0.25) is 5.02 Å². The maximum absolute atomic E-state index is 5.92. The molecule has 0 N–H and O–H groups in total. The Labute approximate surface area is 97.9 Å². The molecule has 0 unspecified atom stereocenters. The Kier molecular flexibility index (Phi) is 3.19. The lowest BCUT2D eigenvalue weighted by Gasteiger charge is -2.03. The third kappa shape index (κ3) is 2.28. The second-order valence-electron chi connectivity index (χ2n) is 2.99. The Hall–Kier alpha value is -1.12. The minimum Gasteiger partial charge on any atom is -0.265 e. The number of nitrogens with zero attached hydrogens (tertiary/aromatic N) is 2. The number of rotatable bonds is 2. The summed E-state index contributed by atoms with van der Waals surface area (Å²) in [5.74, 6) is 0.317. The van der Waals surface area contributed by atoms with Gasteiger partial charge in [0.05, 0.1) is 22.3 Å². The highest BCUT2D eigenvalue weighted by atomic mass is 35.5. The summed E-state index contributed by atoms with van der Waals surface area (Å²) < 4.78 is 0. The summed E-state index contributed by atoms with van der Waals surface area (Å²) in [5.41, 5.74) is 2.57. The predicted molar refractivity (Wildman–Crippen MR) is 62.0 cm³/mol. The molecule has 0 aliphatic carbocycles. The quantitative estimate of drug-likeness (QED) is 0.749. The van der Waals surface area contributed by atoms with E-state index in [0.717, 1.165) is 11.3 Å². The fourth-order valence-corrected chi connectivity index (χ4v) is 1.71. The molecule has 0 saturated heterocycles. The van der Waals surface area contributed by atoms with Crippen LogP contribution in [0.1, 0.15) is 5.69 Å². The molecule has 4 heteroatoms. The van der Waals surface area contributed by atoms with Crippen molar-refractivity contribution in [3.05, 3.63) is 47.4 Å². The van der Waals surface area contributed by atoms with E-state index in [1.807, 2.05) is 24.3 Å². The first-order valence-electron chi connectivity index (χ1n) is 4.43. The normalized spacial score (nSPS) is 10.3. The molecule has 0 aromatic carbocycles. The fourth-order valence-electron chi connectivity index (χ4n) is 1.26. The van der Waals surface area contributed by atoms with Gasteiger partial charge in [-0.1, -0.05) is 11.6 Å². The molecule has 0 amide bonds. The van der Waals surface area contributed by atoms with E-state index in [9.17, 15) is 0 Å². The van der Waals surface area contributed by atoms with E-state index in [1.165, 1.54) is 0 Å². The summed E-state index contributed by atoms with van der Waals surface area (Å²) in [6.45, 7) is 0. The van der Waals surface area contributed by atoms with Crippen LogP contribution in [-0.2, 0) is 5.88 Å². The number of alkyl halides is 1. The average molecular weight is 239 g/mol. The molecule has 0 spiro atoms. The van der Waals surface area contributed by atoms with E-state index in [0.29, 0.717) is 16.6 Å². The molecule has 2 nitrogen and oxygen atoms in total. The number of hydrogen-bond donors (Lipinski definition) is 0. The zero-order chi connectivity index (χ0) is 10.7. The number of pyridine rings is 2. The lowest BCUT2D eigenvalue weighted by molar-refractivity contribution is 1.17. The van der Waals surface area contributed by atoms with Gasteiger partial charge in [-0.2, -0.15) is 0 Å². The van der Waals surface area contributed by atoms with Crippen LogP contribution in [0.15, 0.2) is 36.7 Å². The van der Waals surface area contributed by atoms with E-state index >= 15 is 0 Å². The molecule has 0 aliphatic heterocycles. The van der Waals surface area contributed by atoms with Gasteiger partial charge in [-0.05, 0) is 24.3 Å². The van der Waals surface area contributed by atoms with Gasteiger partial charge in [0.2, 0.25) is 0 Å². The Morgan fingerprint density at radius 3 is 2.47 bits per heavy atom. The summed E-state index contributed by atoms with van der Waals surface area (Å²) in [7, 11) is 0. The number of hydrogen-bond acceptors (Lipinski definition) is 2. The highest BCUT2D eigenvalue weighted by Gasteiger charge is 2.04. The van der Waals surface area contributed by atoms with Crippen molar-refractivity contribution in [3.8, 4) is 11.3 Å². The first-order valence-corrected chi connectivity index (χ1v) is 5.34. The smallest absolute Gasteiger partial charge is 0.0744 e. The highest BCUT2D eigenvalue weighted by molar-refractivity contribution is 6.32. The molecule has 76 valence electrons. The summed E-state index contributed by atoms with van der Waals surface area (Å²) in [4.78, 5) is 8.32. The second-order valence-corrected chi connectivity index (χ2v) is 3.67. The minimum atomic E-state index is 0.317. The van der Waals surface area contributed by atoms with Gasteiger partial charge in [-0.15, -0.1) is 11.6 Å². The van der Waals surface area contributed by atoms with E-state index in [2.05, 4.69) is 9.97 Å².